The second-order valence-electron chi connectivity index (χ2n) is 10.8. The van der Waals surface area contributed by atoms with Crippen LogP contribution in [0.25, 0.3) is 10.9 Å². The Bertz CT molecular complexity index is 1840. The number of halogens is 4. The number of aromatic nitrogens is 2. The van der Waals surface area contributed by atoms with E-state index in [0.717, 1.165) is 6.07 Å². The summed E-state index contributed by atoms with van der Waals surface area (Å²) in [5, 5.41) is 2.21. The first kappa shape index (κ1) is 32.9. The number of methoxy groups -OCH3 is 1. The van der Waals surface area contributed by atoms with Crippen LogP contribution in [0.2, 0.25) is 0 Å². The fraction of sp³-hybridized carbons (Fsp3) is 0.323. The Morgan fingerprint density at radius 3 is 2.52 bits per heavy atom. The molecule has 0 unspecified atom stereocenters. The first-order chi connectivity index (χ1) is 21.9. The van der Waals surface area contributed by atoms with Crippen molar-refractivity contribution < 1.29 is 40.3 Å². The molecule has 0 spiro atoms. The summed E-state index contributed by atoms with van der Waals surface area (Å²) < 4.78 is 88.5. The maximum absolute atomic E-state index is 14.8. The van der Waals surface area contributed by atoms with Crippen molar-refractivity contribution in [2.24, 2.45) is 0 Å². The average Bonchev–Trinajstić information content (AvgIpc) is 3.42. The minimum atomic E-state index is -5.03. The van der Waals surface area contributed by atoms with Crippen molar-refractivity contribution in [1.29, 1.82) is 0 Å². The Kier molecular flexibility index (Phi) is 9.63. The summed E-state index contributed by atoms with van der Waals surface area (Å²) in [6.45, 7) is 0.848. The van der Waals surface area contributed by atoms with E-state index in [4.69, 9.17) is 4.74 Å². The molecule has 5 rings (SSSR count). The number of carbonyl (C=O) groups excluding carboxylic acids is 2. The highest BCUT2D eigenvalue weighted by molar-refractivity contribution is 7.92. The van der Waals surface area contributed by atoms with Gasteiger partial charge < -0.3 is 19.5 Å². The van der Waals surface area contributed by atoms with Gasteiger partial charge in [0, 0.05) is 57.3 Å². The van der Waals surface area contributed by atoms with Gasteiger partial charge in [-0.3, -0.25) is 19.3 Å². The molecular formula is C31H31F4N5O5S. The number of likely N-dealkylation sites (tertiary alicyclic amines) is 1. The Balaban J connectivity index is 1.37. The number of sulfonamides is 1. The zero-order valence-electron chi connectivity index (χ0n) is 24.7. The lowest BCUT2D eigenvalue weighted by atomic mass is 9.88. The van der Waals surface area contributed by atoms with E-state index in [9.17, 15) is 35.6 Å². The van der Waals surface area contributed by atoms with Crippen molar-refractivity contribution in [3.05, 3.63) is 89.6 Å². The highest BCUT2D eigenvalue weighted by atomic mass is 32.2. The van der Waals surface area contributed by atoms with Crippen molar-refractivity contribution >= 4 is 38.4 Å². The number of fused-ring (bicyclic) bond motifs is 1. The molecule has 1 aliphatic heterocycles. The molecule has 0 saturated carbocycles. The molecule has 2 amide bonds. The monoisotopic (exact) mass is 661 g/mol. The molecule has 0 atom stereocenters. The molecule has 2 N–H and O–H groups in total. The zero-order chi connectivity index (χ0) is 33.1. The third-order valence-electron chi connectivity index (χ3n) is 7.85. The van der Waals surface area contributed by atoms with Crippen LogP contribution >= 0.6 is 0 Å². The van der Waals surface area contributed by atoms with Gasteiger partial charge in [0.05, 0.1) is 23.4 Å². The molecule has 46 heavy (non-hydrogen) atoms. The van der Waals surface area contributed by atoms with Gasteiger partial charge in [-0.15, -0.1) is 0 Å². The van der Waals surface area contributed by atoms with Gasteiger partial charge in [-0.2, -0.15) is 13.2 Å². The molecule has 1 saturated heterocycles. The van der Waals surface area contributed by atoms with E-state index in [2.05, 4.69) is 9.71 Å². The molecule has 0 bridgehead atoms. The van der Waals surface area contributed by atoms with Gasteiger partial charge in [0.1, 0.15) is 10.7 Å². The Hall–Kier alpha value is -4.50. The number of nitrogens with zero attached hydrogens (tertiary/aromatic N) is 3. The van der Waals surface area contributed by atoms with Gasteiger partial charge in [0.2, 0.25) is 0 Å². The summed E-state index contributed by atoms with van der Waals surface area (Å²) in [5.41, 5.74) is 1.74. The normalized spacial score (nSPS) is 14.4. The minimum absolute atomic E-state index is 0.0419. The van der Waals surface area contributed by atoms with Crippen LogP contribution in [-0.4, -0.2) is 67.7 Å². The van der Waals surface area contributed by atoms with Gasteiger partial charge in [0.25, 0.3) is 15.9 Å². The maximum atomic E-state index is 14.8. The number of nitrogens with one attached hydrogen (secondary N) is 2. The highest BCUT2D eigenvalue weighted by Crippen LogP contribution is 2.35. The minimum Gasteiger partial charge on any atom is -0.383 e. The van der Waals surface area contributed by atoms with Crippen LogP contribution in [-0.2, 0) is 32.6 Å². The van der Waals surface area contributed by atoms with Gasteiger partial charge in [0.15, 0.2) is 0 Å². The fourth-order valence-corrected chi connectivity index (χ4v) is 6.58. The molecule has 1 fully saturated rings. The number of piperidine rings is 1. The third-order valence-corrected chi connectivity index (χ3v) is 9.21. The van der Waals surface area contributed by atoms with E-state index in [1.165, 1.54) is 36.7 Å². The first-order valence-electron chi connectivity index (χ1n) is 14.4. The summed E-state index contributed by atoms with van der Waals surface area (Å²) in [6.07, 6.45) is 0.0765. The van der Waals surface area contributed by atoms with Gasteiger partial charge in [-0.25, -0.2) is 12.8 Å². The van der Waals surface area contributed by atoms with Crippen molar-refractivity contribution in [1.82, 2.24) is 19.8 Å². The summed E-state index contributed by atoms with van der Waals surface area (Å²) >= 11 is 0. The summed E-state index contributed by atoms with van der Waals surface area (Å²) in [7, 11) is -2.48. The quantitative estimate of drug-likeness (QED) is 0.235. The van der Waals surface area contributed by atoms with E-state index in [-0.39, 0.29) is 41.1 Å². The molecular weight excluding hydrogens is 630 g/mol. The number of benzene rings is 2. The molecule has 15 heteroatoms. The number of anilines is 1. The number of ether oxygens (including phenoxy) is 1. The number of alkyl halides is 3. The Morgan fingerprint density at radius 1 is 1.09 bits per heavy atom. The number of rotatable bonds is 10. The van der Waals surface area contributed by atoms with Gasteiger partial charge >= 0.3 is 12.1 Å². The van der Waals surface area contributed by atoms with Crippen molar-refractivity contribution in [2.75, 3.05) is 31.5 Å². The molecule has 0 aliphatic carbocycles. The topological polar surface area (TPSA) is 123 Å². The fourth-order valence-electron chi connectivity index (χ4n) is 5.55. The molecule has 3 heterocycles. The Morgan fingerprint density at radius 2 is 1.85 bits per heavy atom. The predicted octanol–water partition coefficient (Wildman–Crippen LogP) is 4.82. The smallest absolute Gasteiger partial charge is 0.383 e. The average molecular weight is 662 g/mol. The lowest BCUT2D eigenvalue weighted by molar-refractivity contribution is -0.173. The number of hydrogen-bond donors (Lipinski definition) is 2. The van der Waals surface area contributed by atoms with Crippen LogP contribution in [0.1, 0.15) is 40.2 Å². The summed E-state index contributed by atoms with van der Waals surface area (Å²) in [5.74, 6) is -3.26. The molecule has 0 radical (unpaired) electrons. The van der Waals surface area contributed by atoms with Crippen LogP contribution in [0.4, 0.5) is 23.2 Å². The molecule has 1 aliphatic rings. The second kappa shape index (κ2) is 13.5. The number of hydrogen-bond acceptors (Lipinski definition) is 6. The lowest BCUT2D eigenvalue weighted by Crippen LogP contribution is -2.38. The van der Waals surface area contributed by atoms with Gasteiger partial charge in [-0.1, -0.05) is 18.2 Å². The Labute approximate surface area is 262 Å². The molecule has 4 aromatic rings. The first-order valence-corrected chi connectivity index (χ1v) is 15.8. The van der Waals surface area contributed by atoms with Gasteiger partial charge in [-0.05, 0) is 60.2 Å². The van der Waals surface area contributed by atoms with Crippen LogP contribution in [0.15, 0.2) is 72.0 Å². The van der Waals surface area contributed by atoms with E-state index in [0.29, 0.717) is 48.0 Å². The molecule has 244 valence electrons. The lowest BCUT2D eigenvalue weighted by Gasteiger charge is -2.32. The molecule has 10 nitrogen and oxygen atoms in total. The van der Waals surface area contributed by atoms with Crippen LogP contribution in [0.3, 0.4) is 0 Å². The molecule has 2 aromatic carbocycles. The van der Waals surface area contributed by atoms with E-state index < -0.39 is 34.5 Å². The SMILES string of the molecule is COCCn1cc(C(=O)N2CCC(c3cc(CNC(=O)C(F)(F)F)ccc3F)CC2)c2c(NS(=O)(=O)c3cccnc3)cccc21. The van der Waals surface area contributed by atoms with E-state index >= 15 is 0 Å². The highest BCUT2D eigenvalue weighted by Gasteiger charge is 2.38. The predicted molar refractivity (Wildman–Crippen MR) is 161 cm³/mol. The van der Waals surface area contributed by atoms with Crippen LogP contribution < -0.4 is 10.0 Å². The van der Waals surface area contributed by atoms with E-state index in [1.807, 2.05) is 4.57 Å². The number of amides is 2. The maximum Gasteiger partial charge on any atom is 0.471 e. The van der Waals surface area contributed by atoms with E-state index in [1.54, 1.807) is 41.7 Å². The number of carbonyl (C=O) groups is 2. The van der Waals surface area contributed by atoms with Crippen molar-refractivity contribution in [2.45, 2.75) is 42.9 Å². The zero-order valence-corrected chi connectivity index (χ0v) is 25.5. The van der Waals surface area contributed by atoms with Crippen LogP contribution in [0.5, 0.6) is 0 Å². The third kappa shape index (κ3) is 7.15. The van der Waals surface area contributed by atoms with Crippen LogP contribution in [0, 0.1) is 5.82 Å². The largest absolute Gasteiger partial charge is 0.471 e. The summed E-state index contributed by atoms with van der Waals surface area (Å²) in [6, 6.07) is 11.9. The van der Waals surface area contributed by atoms with Crippen molar-refractivity contribution in [3.63, 3.8) is 0 Å². The number of pyridine rings is 1. The molecule has 2 aromatic heterocycles. The van der Waals surface area contributed by atoms with Crippen molar-refractivity contribution in [3.8, 4) is 0 Å². The standard InChI is InChI=1S/C31H31F4N5O5S/c1-45-15-14-40-19-24(28-26(5-2-6-27(28)40)38-46(43,44)22-4-3-11-36-18-22)29(41)39-12-9-21(10-13-39)23-16-20(7-8-25(23)32)17-37-30(42)31(33,34)35/h2-8,11,16,18-19,21,38H,9-10,12-15,17H2,1H3,(H,37,42). The summed E-state index contributed by atoms with van der Waals surface area (Å²) in [4.78, 5) is 30.6. The second-order valence-corrected chi connectivity index (χ2v) is 12.5.